The van der Waals surface area contributed by atoms with Crippen LogP contribution in [0.15, 0.2) is 0 Å². The highest BCUT2D eigenvalue weighted by Gasteiger charge is 2.38. The molecule has 4 heteroatoms. The summed E-state index contributed by atoms with van der Waals surface area (Å²) in [5.41, 5.74) is 0. The quantitative estimate of drug-likeness (QED) is 0.400. The van der Waals surface area contributed by atoms with Crippen molar-refractivity contribution in [3.8, 4) is 0 Å². The van der Waals surface area contributed by atoms with E-state index < -0.39 is 23.8 Å². The Morgan fingerprint density at radius 2 is 1.44 bits per heavy atom. The molecule has 1 aliphatic rings. The van der Waals surface area contributed by atoms with Crippen LogP contribution in [0, 0.1) is 11.8 Å². The summed E-state index contributed by atoms with van der Waals surface area (Å²) in [6.45, 7) is 0. The summed E-state index contributed by atoms with van der Waals surface area (Å²) >= 11 is 0. The normalized spacial score (nSPS) is 31.6. The molecule has 0 N–H and O–H groups in total. The van der Waals surface area contributed by atoms with Gasteiger partial charge in [0.1, 0.15) is 0 Å². The molecular weight excluding hydrogens is 124 g/mol. The summed E-state index contributed by atoms with van der Waals surface area (Å²) in [6, 6.07) is 0. The van der Waals surface area contributed by atoms with E-state index in [0.29, 0.717) is 0 Å². The standard InChI is InChI=1S/C5H6O4/c6-4(7)2-1-3(2)5(8)9/h2-3H,1H2,(H,6,7)(H,8,9)/p-2/t2-,3-/m1/s1. The largest absolute Gasteiger partial charge is 0.550 e. The summed E-state index contributed by atoms with van der Waals surface area (Å²) in [5.74, 6) is -4.17. The second-order valence-corrected chi connectivity index (χ2v) is 2.09. The molecule has 0 aliphatic heterocycles. The molecule has 0 radical (unpaired) electrons. The monoisotopic (exact) mass is 128 g/mol. The fourth-order valence-electron chi connectivity index (χ4n) is 0.716. The van der Waals surface area contributed by atoms with Crippen LogP contribution in [0.1, 0.15) is 6.42 Å². The zero-order valence-electron chi connectivity index (χ0n) is 4.49. The Bertz CT molecular complexity index is 144. The van der Waals surface area contributed by atoms with Crippen LogP contribution in [0.5, 0.6) is 0 Å². The van der Waals surface area contributed by atoms with Crippen LogP contribution in [0.2, 0.25) is 0 Å². The van der Waals surface area contributed by atoms with E-state index in [1.54, 1.807) is 0 Å². The Labute approximate surface area is 51.1 Å². The minimum atomic E-state index is -1.29. The van der Waals surface area contributed by atoms with Gasteiger partial charge in [0.05, 0.1) is 0 Å². The van der Waals surface area contributed by atoms with Gasteiger partial charge in [-0.3, -0.25) is 0 Å². The molecule has 0 unspecified atom stereocenters. The van der Waals surface area contributed by atoms with Gasteiger partial charge in [-0.05, 0) is 6.42 Å². The molecule has 0 amide bonds. The lowest BCUT2D eigenvalue weighted by atomic mass is 10.3. The number of carboxylic acid groups (broad SMARTS) is 2. The Kier molecular flexibility index (Phi) is 1.16. The molecular formula is C5H4O4-2. The molecule has 0 spiro atoms. The highest BCUT2D eigenvalue weighted by Crippen LogP contribution is 2.36. The molecule has 1 aliphatic carbocycles. The number of carboxylic acids is 2. The summed E-state index contributed by atoms with van der Waals surface area (Å²) in [7, 11) is 0. The van der Waals surface area contributed by atoms with Crippen molar-refractivity contribution >= 4 is 11.9 Å². The van der Waals surface area contributed by atoms with E-state index in [4.69, 9.17) is 0 Å². The van der Waals surface area contributed by atoms with Crippen LogP contribution in [-0.2, 0) is 9.59 Å². The van der Waals surface area contributed by atoms with Crippen molar-refractivity contribution in [2.24, 2.45) is 11.8 Å². The van der Waals surface area contributed by atoms with Gasteiger partial charge in [-0.2, -0.15) is 0 Å². The summed E-state index contributed by atoms with van der Waals surface area (Å²) in [4.78, 5) is 19.7. The predicted molar refractivity (Wildman–Crippen MR) is 21.6 cm³/mol. The van der Waals surface area contributed by atoms with Crippen LogP contribution in [-0.4, -0.2) is 11.9 Å². The minimum Gasteiger partial charge on any atom is -0.550 e. The van der Waals surface area contributed by atoms with E-state index in [9.17, 15) is 19.8 Å². The third kappa shape index (κ3) is 1.01. The number of carbonyl (C=O) groups excluding carboxylic acids is 2. The van der Waals surface area contributed by atoms with E-state index in [-0.39, 0.29) is 6.42 Å². The second kappa shape index (κ2) is 1.72. The van der Waals surface area contributed by atoms with Crippen molar-refractivity contribution in [2.75, 3.05) is 0 Å². The first-order chi connectivity index (χ1) is 4.13. The number of hydrogen-bond donors (Lipinski definition) is 0. The summed E-state index contributed by atoms with van der Waals surface area (Å²) in [6.07, 6.45) is 0.171. The van der Waals surface area contributed by atoms with Gasteiger partial charge in [-0.15, -0.1) is 0 Å². The molecule has 50 valence electrons. The van der Waals surface area contributed by atoms with Gasteiger partial charge in [0.2, 0.25) is 0 Å². The van der Waals surface area contributed by atoms with Crippen molar-refractivity contribution in [2.45, 2.75) is 6.42 Å². The number of rotatable bonds is 2. The summed E-state index contributed by atoms with van der Waals surface area (Å²) < 4.78 is 0. The first-order valence-electron chi connectivity index (χ1n) is 2.54. The van der Waals surface area contributed by atoms with Crippen molar-refractivity contribution in [1.29, 1.82) is 0 Å². The molecule has 4 nitrogen and oxygen atoms in total. The number of carbonyl (C=O) groups is 2. The van der Waals surface area contributed by atoms with Gasteiger partial charge in [0.15, 0.2) is 0 Å². The maximum atomic E-state index is 9.87. The lowest BCUT2D eigenvalue weighted by Gasteiger charge is -1.99. The maximum absolute atomic E-state index is 9.87. The minimum absolute atomic E-state index is 0.171. The fraction of sp³-hybridized carbons (Fsp3) is 0.600. The van der Waals surface area contributed by atoms with Crippen LogP contribution in [0.4, 0.5) is 0 Å². The Morgan fingerprint density at radius 1 is 1.11 bits per heavy atom. The van der Waals surface area contributed by atoms with Gasteiger partial charge in [0, 0.05) is 23.8 Å². The van der Waals surface area contributed by atoms with Crippen LogP contribution >= 0.6 is 0 Å². The fourth-order valence-corrected chi connectivity index (χ4v) is 0.716. The first kappa shape index (κ1) is 6.07. The second-order valence-electron chi connectivity index (χ2n) is 2.09. The Morgan fingerprint density at radius 3 is 1.56 bits per heavy atom. The molecule has 0 bridgehead atoms. The van der Waals surface area contributed by atoms with Crippen molar-refractivity contribution in [3.05, 3.63) is 0 Å². The third-order valence-electron chi connectivity index (χ3n) is 1.40. The first-order valence-corrected chi connectivity index (χ1v) is 2.54. The van der Waals surface area contributed by atoms with Gasteiger partial charge >= 0.3 is 0 Å². The average Bonchev–Trinajstić information content (AvgIpc) is 2.39. The topological polar surface area (TPSA) is 80.3 Å². The van der Waals surface area contributed by atoms with E-state index in [1.165, 1.54) is 0 Å². The molecule has 0 heterocycles. The zero-order chi connectivity index (χ0) is 7.02. The van der Waals surface area contributed by atoms with E-state index in [0.717, 1.165) is 0 Å². The molecule has 1 fully saturated rings. The van der Waals surface area contributed by atoms with Gasteiger partial charge in [0.25, 0.3) is 0 Å². The highest BCUT2D eigenvalue weighted by molar-refractivity contribution is 5.83. The zero-order valence-corrected chi connectivity index (χ0v) is 4.49. The van der Waals surface area contributed by atoms with Gasteiger partial charge in [-0.25, -0.2) is 0 Å². The third-order valence-corrected chi connectivity index (χ3v) is 1.40. The molecule has 1 saturated carbocycles. The van der Waals surface area contributed by atoms with E-state index >= 15 is 0 Å². The Balaban J connectivity index is 2.42. The molecule has 0 aromatic heterocycles. The molecule has 9 heavy (non-hydrogen) atoms. The highest BCUT2D eigenvalue weighted by atomic mass is 16.4. The molecule has 1 rings (SSSR count). The Hall–Kier alpha value is -1.06. The van der Waals surface area contributed by atoms with Crippen LogP contribution in [0.3, 0.4) is 0 Å². The number of hydrogen-bond acceptors (Lipinski definition) is 4. The van der Waals surface area contributed by atoms with E-state index in [2.05, 4.69) is 0 Å². The SMILES string of the molecule is O=C([O-])[C@@H]1C[C@H]1C(=O)[O-]. The summed E-state index contributed by atoms with van der Waals surface area (Å²) in [5, 5.41) is 19.7. The smallest absolute Gasteiger partial charge is 0.0452 e. The van der Waals surface area contributed by atoms with Crippen molar-refractivity contribution in [1.82, 2.24) is 0 Å². The average molecular weight is 128 g/mol. The van der Waals surface area contributed by atoms with Gasteiger partial charge < -0.3 is 19.8 Å². The van der Waals surface area contributed by atoms with E-state index in [1.807, 2.05) is 0 Å². The molecule has 0 saturated heterocycles. The van der Waals surface area contributed by atoms with Crippen molar-refractivity contribution in [3.63, 3.8) is 0 Å². The lowest BCUT2D eigenvalue weighted by Crippen LogP contribution is -2.30. The number of aliphatic carboxylic acids is 2. The molecule has 2 atom stereocenters. The van der Waals surface area contributed by atoms with Crippen LogP contribution in [0.25, 0.3) is 0 Å². The molecule has 0 aromatic rings. The van der Waals surface area contributed by atoms with Gasteiger partial charge in [-0.1, -0.05) is 0 Å². The molecule has 0 aromatic carbocycles. The maximum Gasteiger partial charge on any atom is 0.0452 e. The lowest BCUT2D eigenvalue weighted by molar-refractivity contribution is -0.316. The van der Waals surface area contributed by atoms with Crippen LogP contribution < -0.4 is 10.2 Å². The predicted octanol–water partition coefficient (Wildman–Crippen LogP) is -2.88. The van der Waals surface area contributed by atoms with Crippen molar-refractivity contribution < 1.29 is 19.8 Å².